The SMILES string of the molecule is N#CCc1cccc(C(=O)NCC(=O)NCC(=O)O)c1. The van der Waals surface area contributed by atoms with Crippen molar-refractivity contribution in [2.45, 2.75) is 6.42 Å². The molecular formula is C13H13N3O4. The summed E-state index contributed by atoms with van der Waals surface area (Å²) in [6.45, 7) is -0.805. The van der Waals surface area contributed by atoms with E-state index < -0.39 is 24.3 Å². The van der Waals surface area contributed by atoms with Gasteiger partial charge < -0.3 is 15.7 Å². The molecular weight excluding hydrogens is 262 g/mol. The number of benzene rings is 1. The molecule has 0 fully saturated rings. The molecule has 7 nitrogen and oxygen atoms in total. The highest BCUT2D eigenvalue weighted by Crippen LogP contribution is 2.05. The Balaban J connectivity index is 2.50. The van der Waals surface area contributed by atoms with Crippen molar-refractivity contribution in [3.8, 4) is 6.07 Å². The lowest BCUT2D eigenvalue weighted by molar-refractivity contribution is -0.137. The lowest BCUT2D eigenvalue weighted by atomic mass is 10.1. The van der Waals surface area contributed by atoms with Crippen LogP contribution in [0.2, 0.25) is 0 Å². The maximum atomic E-state index is 11.8. The molecule has 1 rings (SSSR count). The fourth-order valence-corrected chi connectivity index (χ4v) is 1.41. The average Bonchev–Trinajstić information content (AvgIpc) is 2.43. The van der Waals surface area contributed by atoms with Gasteiger partial charge in [-0.15, -0.1) is 0 Å². The maximum absolute atomic E-state index is 11.8. The third-order valence-electron chi connectivity index (χ3n) is 2.32. The summed E-state index contributed by atoms with van der Waals surface area (Å²) in [5.74, 6) is -2.21. The maximum Gasteiger partial charge on any atom is 0.322 e. The van der Waals surface area contributed by atoms with Crippen molar-refractivity contribution in [2.24, 2.45) is 0 Å². The number of amides is 2. The Labute approximate surface area is 115 Å². The first kappa shape index (κ1) is 15.2. The van der Waals surface area contributed by atoms with Gasteiger partial charge in [0.05, 0.1) is 19.0 Å². The van der Waals surface area contributed by atoms with Gasteiger partial charge >= 0.3 is 5.97 Å². The fraction of sp³-hybridized carbons (Fsp3) is 0.231. The summed E-state index contributed by atoms with van der Waals surface area (Å²) in [6, 6.07) is 8.47. The molecule has 0 unspecified atom stereocenters. The molecule has 0 atom stereocenters. The van der Waals surface area contributed by atoms with E-state index in [9.17, 15) is 14.4 Å². The van der Waals surface area contributed by atoms with Crippen LogP contribution in [0.5, 0.6) is 0 Å². The highest BCUT2D eigenvalue weighted by Gasteiger charge is 2.09. The molecule has 0 aliphatic carbocycles. The Morgan fingerprint density at radius 2 is 1.95 bits per heavy atom. The molecule has 0 aliphatic heterocycles. The summed E-state index contributed by atoms with van der Waals surface area (Å²) in [6.07, 6.45) is 0.195. The van der Waals surface area contributed by atoms with Gasteiger partial charge in [0.15, 0.2) is 0 Å². The van der Waals surface area contributed by atoms with E-state index in [1.807, 2.05) is 6.07 Å². The Morgan fingerprint density at radius 3 is 2.60 bits per heavy atom. The molecule has 20 heavy (non-hydrogen) atoms. The third kappa shape index (κ3) is 5.18. The largest absolute Gasteiger partial charge is 0.480 e. The smallest absolute Gasteiger partial charge is 0.322 e. The predicted octanol–water partition coefficient (Wildman–Crippen LogP) is -0.317. The van der Waals surface area contributed by atoms with Crippen molar-refractivity contribution in [3.63, 3.8) is 0 Å². The third-order valence-corrected chi connectivity index (χ3v) is 2.32. The van der Waals surface area contributed by atoms with Gasteiger partial charge in [0.1, 0.15) is 6.54 Å². The van der Waals surface area contributed by atoms with E-state index in [2.05, 4.69) is 10.6 Å². The summed E-state index contributed by atoms with van der Waals surface area (Å²) in [5, 5.41) is 21.4. The van der Waals surface area contributed by atoms with Gasteiger partial charge in [-0.2, -0.15) is 5.26 Å². The summed E-state index contributed by atoms with van der Waals surface area (Å²) in [5.41, 5.74) is 1.04. The number of nitriles is 1. The van der Waals surface area contributed by atoms with E-state index in [4.69, 9.17) is 10.4 Å². The average molecular weight is 275 g/mol. The molecule has 7 heteroatoms. The second kappa shape index (κ2) is 7.53. The van der Waals surface area contributed by atoms with Crippen LogP contribution in [-0.4, -0.2) is 36.0 Å². The zero-order valence-electron chi connectivity index (χ0n) is 10.5. The topological polar surface area (TPSA) is 119 Å². The van der Waals surface area contributed by atoms with Gasteiger partial charge in [0.2, 0.25) is 5.91 Å². The van der Waals surface area contributed by atoms with Crippen LogP contribution in [0.1, 0.15) is 15.9 Å². The molecule has 0 spiro atoms. The van der Waals surface area contributed by atoms with Crippen LogP contribution in [0.15, 0.2) is 24.3 Å². The van der Waals surface area contributed by atoms with Crippen LogP contribution >= 0.6 is 0 Å². The number of carbonyl (C=O) groups excluding carboxylic acids is 2. The van der Waals surface area contributed by atoms with Crippen molar-refractivity contribution < 1.29 is 19.5 Å². The summed E-state index contributed by atoms with van der Waals surface area (Å²) >= 11 is 0. The highest BCUT2D eigenvalue weighted by molar-refractivity contribution is 5.96. The van der Waals surface area contributed by atoms with Crippen molar-refractivity contribution in [1.82, 2.24) is 10.6 Å². The number of nitrogens with one attached hydrogen (secondary N) is 2. The second-order valence-corrected chi connectivity index (χ2v) is 3.89. The molecule has 104 valence electrons. The minimum atomic E-state index is -1.16. The van der Waals surface area contributed by atoms with Crippen LogP contribution in [-0.2, 0) is 16.0 Å². The van der Waals surface area contributed by atoms with Gasteiger partial charge in [0.25, 0.3) is 5.91 Å². The minimum Gasteiger partial charge on any atom is -0.480 e. The van der Waals surface area contributed by atoms with Crippen LogP contribution in [0, 0.1) is 11.3 Å². The number of hydrogen-bond acceptors (Lipinski definition) is 4. The number of nitrogens with zero attached hydrogens (tertiary/aromatic N) is 1. The lowest BCUT2D eigenvalue weighted by Crippen LogP contribution is -2.39. The molecule has 1 aromatic rings. The van der Waals surface area contributed by atoms with E-state index in [0.717, 1.165) is 0 Å². The van der Waals surface area contributed by atoms with Crippen molar-refractivity contribution in [1.29, 1.82) is 5.26 Å². The van der Waals surface area contributed by atoms with Gasteiger partial charge in [-0.1, -0.05) is 12.1 Å². The van der Waals surface area contributed by atoms with Crippen molar-refractivity contribution in [3.05, 3.63) is 35.4 Å². The first-order valence-corrected chi connectivity index (χ1v) is 5.75. The minimum absolute atomic E-state index is 0.195. The van der Waals surface area contributed by atoms with Crippen molar-refractivity contribution in [2.75, 3.05) is 13.1 Å². The summed E-state index contributed by atoms with van der Waals surface area (Å²) in [4.78, 5) is 33.2. The molecule has 0 aliphatic rings. The Bertz CT molecular complexity index is 563. The van der Waals surface area contributed by atoms with Crippen LogP contribution < -0.4 is 10.6 Å². The highest BCUT2D eigenvalue weighted by atomic mass is 16.4. The number of hydrogen-bond donors (Lipinski definition) is 3. The van der Waals surface area contributed by atoms with Gasteiger partial charge in [-0.25, -0.2) is 0 Å². The molecule has 3 N–H and O–H groups in total. The molecule has 2 amide bonds. The molecule has 0 heterocycles. The zero-order valence-corrected chi connectivity index (χ0v) is 10.5. The first-order valence-electron chi connectivity index (χ1n) is 5.75. The van der Waals surface area contributed by atoms with E-state index in [1.54, 1.807) is 24.3 Å². The predicted molar refractivity (Wildman–Crippen MR) is 68.7 cm³/mol. The van der Waals surface area contributed by atoms with Gasteiger partial charge in [-0.3, -0.25) is 14.4 Å². The van der Waals surface area contributed by atoms with Crippen LogP contribution in [0.3, 0.4) is 0 Å². The molecule has 0 saturated carbocycles. The van der Waals surface area contributed by atoms with E-state index in [0.29, 0.717) is 11.1 Å². The van der Waals surface area contributed by atoms with E-state index in [1.165, 1.54) is 0 Å². The number of aliphatic carboxylic acids is 1. The number of rotatable bonds is 6. The number of carboxylic acids is 1. The Morgan fingerprint density at radius 1 is 1.20 bits per heavy atom. The standard InChI is InChI=1S/C13H13N3O4/c14-5-4-9-2-1-3-10(6-9)13(20)16-7-11(17)15-8-12(18)19/h1-3,6H,4,7-8H2,(H,15,17)(H,16,20)(H,18,19). The monoisotopic (exact) mass is 275 g/mol. The quantitative estimate of drug-likeness (QED) is 0.657. The summed E-state index contributed by atoms with van der Waals surface area (Å²) < 4.78 is 0. The molecule has 0 radical (unpaired) electrons. The number of carboxylic acid groups (broad SMARTS) is 1. The summed E-state index contributed by atoms with van der Waals surface area (Å²) in [7, 11) is 0. The molecule has 0 bridgehead atoms. The fourth-order valence-electron chi connectivity index (χ4n) is 1.41. The van der Waals surface area contributed by atoms with Gasteiger partial charge in [-0.05, 0) is 17.7 Å². The number of carbonyl (C=O) groups is 3. The molecule has 1 aromatic carbocycles. The first-order chi connectivity index (χ1) is 9.52. The van der Waals surface area contributed by atoms with E-state index in [-0.39, 0.29) is 13.0 Å². The Hall–Kier alpha value is -2.88. The van der Waals surface area contributed by atoms with E-state index >= 15 is 0 Å². The molecule has 0 aromatic heterocycles. The van der Waals surface area contributed by atoms with Crippen molar-refractivity contribution >= 4 is 17.8 Å². The lowest BCUT2D eigenvalue weighted by Gasteiger charge is -2.06. The van der Waals surface area contributed by atoms with Gasteiger partial charge in [0, 0.05) is 5.56 Å². The Kier molecular flexibility index (Phi) is 5.72. The van der Waals surface area contributed by atoms with Crippen LogP contribution in [0.4, 0.5) is 0 Å². The zero-order chi connectivity index (χ0) is 15.0. The second-order valence-electron chi connectivity index (χ2n) is 3.89. The molecule has 0 saturated heterocycles. The normalized spacial score (nSPS) is 9.35. The van der Waals surface area contributed by atoms with Crippen LogP contribution in [0.25, 0.3) is 0 Å².